The largest absolute Gasteiger partial charge is 0.264 e. The third kappa shape index (κ3) is 1.90. The predicted octanol–water partition coefficient (Wildman–Crippen LogP) is 1.58. The number of pyridine rings is 1. The van der Waals surface area contributed by atoms with E-state index in [0.717, 1.165) is 11.3 Å². The maximum Gasteiger partial charge on any atom is 0.114 e. The SMILES string of the molecule is ClCCn1ncc(-c2cccnc2)n1. The van der Waals surface area contributed by atoms with Crippen LogP contribution >= 0.6 is 11.6 Å². The third-order valence-corrected chi connectivity index (χ3v) is 1.95. The van der Waals surface area contributed by atoms with Crippen LogP contribution < -0.4 is 0 Å². The molecule has 0 fully saturated rings. The highest BCUT2D eigenvalue weighted by Crippen LogP contribution is 2.12. The van der Waals surface area contributed by atoms with E-state index in [0.29, 0.717) is 12.4 Å². The van der Waals surface area contributed by atoms with Crippen molar-refractivity contribution in [1.82, 2.24) is 20.0 Å². The van der Waals surface area contributed by atoms with Crippen molar-refractivity contribution < 1.29 is 0 Å². The summed E-state index contributed by atoms with van der Waals surface area (Å²) >= 11 is 5.58. The van der Waals surface area contributed by atoms with Crippen LogP contribution in [0.15, 0.2) is 30.7 Å². The molecule has 4 nitrogen and oxygen atoms in total. The Morgan fingerprint density at radius 3 is 3.00 bits per heavy atom. The van der Waals surface area contributed by atoms with E-state index in [-0.39, 0.29) is 0 Å². The summed E-state index contributed by atoms with van der Waals surface area (Å²) in [5, 5.41) is 8.33. The van der Waals surface area contributed by atoms with E-state index in [9.17, 15) is 0 Å². The van der Waals surface area contributed by atoms with Crippen LogP contribution in [0.4, 0.5) is 0 Å². The van der Waals surface area contributed by atoms with Crippen molar-refractivity contribution in [2.75, 3.05) is 5.88 Å². The minimum Gasteiger partial charge on any atom is -0.264 e. The fourth-order valence-electron chi connectivity index (χ4n) is 1.13. The molecular weight excluding hydrogens is 200 g/mol. The lowest BCUT2D eigenvalue weighted by Crippen LogP contribution is -2.02. The Bertz CT molecular complexity index is 398. The Morgan fingerprint density at radius 2 is 2.29 bits per heavy atom. The lowest BCUT2D eigenvalue weighted by Gasteiger charge is -1.94. The molecule has 5 heteroatoms. The fraction of sp³-hybridized carbons (Fsp3) is 0.222. The number of halogens is 1. The maximum absolute atomic E-state index is 5.58. The summed E-state index contributed by atoms with van der Waals surface area (Å²) < 4.78 is 0. The lowest BCUT2D eigenvalue weighted by atomic mass is 10.2. The van der Waals surface area contributed by atoms with Gasteiger partial charge in [0.25, 0.3) is 0 Å². The number of nitrogens with zero attached hydrogens (tertiary/aromatic N) is 4. The first kappa shape index (κ1) is 9.15. The number of aromatic nitrogens is 4. The highest BCUT2D eigenvalue weighted by atomic mass is 35.5. The summed E-state index contributed by atoms with van der Waals surface area (Å²) in [5.41, 5.74) is 1.79. The van der Waals surface area contributed by atoms with Gasteiger partial charge in [-0.05, 0) is 12.1 Å². The van der Waals surface area contributed by atoms with Gasteiger partial charge in [0.1, 0.15) is 5.69 Å². The molecule has 0 saturated carbocycles. The summed E-state index contributed by atoms with van der Waals surface area (Å²) in [6.45, 7) is 0.627. The summed E-state index contributed by atoms with van der Waals surface area (Å²) in [4.78, 5) is 5.59. The summed E-state index contributed by atoms with van der Waals surface area (Å²) in [7, 11) is 0. The van der Waals surface area contributed by atoms with Gasteiger partial charge in [-0.2, -0.15) is 15.0 Å². The van der Waals surface area contributed by atoms with Crippen molar-refractivity contribution >= 4 is 11.6 Å². The monoisotopic (exact) mass is 208 g/mol. The Hall–Kier alpha value is -1.42. The second-order valence-electron chi connectivity index (χ2n) is 2.76. The zero-order valence-electron chi connectivity index (χ0n) is 7.47. The molecule has 0 aliphatic carbocycles. The zero-order valence-corrected chi connectivity index (χ0v) is 8.22. The first-order chi connectivity index (χ1) is 6.90. The predicted molar refractivity (Wildman–Crippen MR) is 54.0 cm³/mol. The van der Waals surface area contributed by atoms with Crippen LogP contribution in [0.3, 0.4) is 0 Å². The Labute approximate surface area is 86.5 Å². The summed E-state index contributed by atoms with van der Waals surface area (Å²) in [6, 6.07) is 3.82. The van der Waals surface area contributed by atoms with Gasteiger partial charge in [-0.25, -0.2) is 0 Å². The average molecular weight is 209 g/mol. The number of hydrogen-bond donors (Lipinski definition) is 0. The molecule has 2 heterocycles. The second-order valence-corrected chi connectivity index (χ2v) is 3.13. The van der Waals surface area contributed by atoms with E-state index >= 15 is 0 Å². The van der Waals surface area contributed by atoms with E-state index in [2.05, 4.69) is 15.2 Å². The Morgan fingerprint density at radius 1 is 1.36 bits per heavy atom. The zero-order chi connectivity index (χ0) is 9.80. The molecule has 2 aromatic heterocycles. The van der Waals surface area contributed by atoms with E-state index in [1.165, 1.54) is 0 Å². The molecule has 2 aromatic rings. The van der Waals surface area contributed by atoms with Crippen molar-refractivity contribution in [3.8, 4) is 11.3 Å². The van der Waals surface area contributed by atoms with Crippen LogP contribution in [-0.2, 0) is 6.54 Å². The van der Waals surface area contributed by atoms with Crippen LogP contribution in [0.25, 0.3) is 11.3 Å². The van der Waals surface area contributed by atoms with Gasteiger partial charge in [0.2, 0.25) is 0 Å². The molecule has 0 N–H and O–H groups in total. The van der Waals surface area contributed by atoms with Gasteiger partial charge in [-0.1, -0.05) is 0 Å². The van der Waals surface area contributed by atoms with Gasteiger partial charge in [-0.3, -0.25) is 4.98 Å². The molecule has 0 aliphatic heterocycles. The normalized spacial score (nSPS) is 10.4. The molecule has 0 aromatic carbocycles. The number of alkyl halides is 1. The molecule has 0 unspecified atom stereocenters. The van der Waals surface area contributed by atoms with Crippen LogP contribution in [0.2, 0.25) is 0 Å². The van der Waals surface area contributed by atoms with Gasteiger partial charge in [0.15, 0.2) is 0 Å². The fourth-order valence-corrected chi connectivity index (χ4v) is 1.28. The highest BCUT2D eigenvalue weighted by molar-refractivity contribution is 6.17. The van der Waals surface area contributed by atoms with E-state index in [1.54, 1.807) is 23.4 Å². The minimum atomic E-state index is 0.515. The van der Waals surface area contributed by atoms with Crippen LogP contribution in [0.5, 0.6) is 0 Å². The first-order valence-corrected chi connectivity index (χ1v) is 4.80. The first-order valence-electron chi connectivity index (χ1n) is 4.26. The van der Waals surface area contributed by atoms with Crippen LogP contribution in [-0.4, -0.2) is 25.9 Å². The number of aryl methyl sites for hydroxylation is 1. The highest BCUT2D eigenvalue weighted by Gasteiger charge is 2.02. The van der Waals surface area contributed by atoms with E-state index in [4.69, 9.17) is 11.6 Å². The number of rotatable bonds is 3. The van der Waals surface area contributed by atoms with Crippen molar-refractivity contribution in [3.63, 3.8) is 0 Å². The molecular formula is C9H9ClN4. The van der Waals surface area contributed by atoms with Gasteiger partial charge in [0, 0.05) is 23.8 Å². The Kier molecular flexibility index (Phi) is 2.74. The molecule has 0 saturated heterocycles. The lowest BCUT2D eigenvalue weighted by molar-refractivity contribution is 0.574. The topological polar surface area (TPSA) is 43.6 Å². The van der Waals surface area contributed by atoms with Crippen molar-refractivity contribution in [3.05, 3.63) is 30.7 Å². The third-order valence-electron chi connectivity index (χ3n) is 1.78. The molecule has 0 radical (unpaired) electrons. The molecule has 0 aliphatic rings. The summed E-state index contributed by atoms with van der Waals surface area (Å²) in [5.74, 6) is 0.515. The van der Waals surface area contributed by atoms with E-state index in [1.807, 2.05) is 12.1 Å². The van der Waals surface area contributed by atoms with Gasteiger partial charge < -0.3 is 0 Å². The molecule has 14 heavy (non-hydrogen) atoms. The maximum atomic E-state index is 5.58. The van der Waals surface area contributed by atoms with Gasteiger partial charge in [0.05, 0.1) is 12.7 Å². The van der Waals surface area contributed by atoms with Crippen molar-refractivity contribution in [2.45, 2.75) is 6.54 Å². The van der Waals surface area contributed by atoms with Crippen LogP contribution in [0.1, 0.15) is 0 Å². The molecule has 0 amide bonds. The molecule has 0 atom stereocenters. The average Bonchev–Trinajstić information content (AvgIpc) is 2.68. The minimum absolute atomic E-state index is 0.515. The molecule has 2 rings (SSSR count). The molecule has 0 bridgehead atoms. The van der Waals surface area contributed by atoms with Gasteiger partial charge >= 0.3 is 0 Å². The smallest absolute Gasteiger partial charge is 0.114 e. The quantitative estimate of drug-likeness (QED) is 0.720. The summed E-state index contributed by atoms with van der Waals surface area (Å²) in [6.07, 6.45) is 5.20. The van der Waals surface area contributed by atoms with Gasteiger partial charge in [-0.15, -0.1) is 11.6 Å². The van der Waals surface area contributed by atoms with Crippen molar-refractivity contribution in [1.29, 1.82) is 0 Å². The van der Waals surface area contributed by atoms with E-state index < -0.39 is 0 Å². The molecule has 72 valence electrons. The standard InChI is InChI=1S/C9H9ClN4/c10-3-5-14-12-7-9(13-14)8-2-1-4-11-6-8/h1-2,4,6-7H,3,5H2. The second kappa shape index (κ2) is 4.19. The molecule has 0 spiro atoms. The number of hydrogen-bond acceptors (Lipinski definition) is 3. The van der Waals surface area contributed by atoms with Crippen molar-refractivity contribution in [2.24, 2.45) is 0 Å². The van der Waals surface area contributed by atoms with Crippen LogP contribution in [0, 0.1) is 0 Å². The Balaban J connectivity index is 2.25.